The van der Waals surface area contributed by atoms with Crippen molar-refractivity contribution in [3.8, 4) is 5.75 Å². The molecule has 0 unspecified atom stereocenters. The van der Waals surface area contributed by atoms with Crippen LogP contribution in [-0.2, 0) is 5.75 Å². The third-order valence-electron chi connectivity index (χ3n) is 7.05. The molecule has 0 radical (unpaired) electrons. The number of aromatic nitrogens is 3. The SMILES string of the molecule is COc1ccc2[nH]cc(C3CCN(C(=O)c4ccccc4SCc4cn5ccccc5n4)CC3)c2c1. The zero-order chi connectivity index (χ0) is 24.5. The first-order chi connectivity index (χ1) is 17.7. The molecule has 0 atom stereocenters. The van der Waals surface area contributed by atoms with Crippen molar-refractivity contribution in [3.63, 3.8) is 0 Å². The summed E-state index contributed by atoms with van der Waals surface area (Å²) in [6.45, 7) is 1.51. The van der Waals surface area contributed by atoms with E-state index in [1.807, 2.05) is 64.0 Å². The predicted octanol–water partition coefficient (Wildman–Crippen LogP) is 6.14. The number of pyridine rings is 1. The first-order valence-electron chi connectivity index (χ1n) is 12.3. The normalized spacial score (nSPS) is 14.5. The Kier molecular flexibility index (Phi) is 6.15. The van der Waals surface area contributed by atoms with Gasteiger partial charge in [-0.25, -0.2) is 4.98 Å². The Morgan fingerprint density at radius 1 is 1.11 bits per heavy atom. The zero-order valence-corrected chi connectivity index (χ0v) is 21.0. The Labute approximate surface area is 214 Å². The maximum Gasteiger partial charge on any atom is 0.254 e. The van der Waals surface area contributed by atoms with Crippen molar-refractivity contribution in [2.75, 3.05) is 20.2 Å². The molecule has 3 aromatic heterocycles. The Morgan fingerprint density at radius 2 is 1.94 bits per heavy atom. The average Bonchev–Trinajstić information content (AvgIpc) is 3.55. The summed E-state index contributed by atoms with van der Waals surface area (Å²) in [5, 5.41) is 1.22. The maximum absolute atomic E-state index is 13.5. The molecule has 0 bridgehead atoms. The van der Waals surface area contributed by atoms with E-state index in [1.165, 1.54) is 10.9 Å². The van der Waals surface area contributed by atoms with Crippen molar-refractivity contribution in [1.82, 2.24) is 19.3 Å². The number of likely N-dealkylation sites (tertiary alicyclic amines) is 1. The van der Waals surface area contributed by atoms with Gasteiger partial charge in [0.1, 0.15) is 11.4 Å². The quantitative estimate of drug-likeness (QED) is 0.287. The highest BCUT2D eigenvalue weighted by Crippen LogP contribution is 2.35. The number of thioether (sulfide) groups is 1. The standard InChI is InChI=1S/C29H28N4O2S/c1-35-22-9-10-26-24(16-22)25(17-30-26)20-11-14-32(15-12-20)29(34)23-6-2-3-7-27(23)36-19-21-18-33-13-5-4-8-28(33)31-21/h2-10,13,16-18,20,30H,11-12,14-15,19H2,1H3. The molecular formula is C29H28N4O2S. The molecule has 5 aromatic rings. The van der Waals surface area contributed by atoms with Gasteiger partial charge in [-0.3, -0.25) is 4.79 Å². The molecule has 4 heterocycles. The summed E-state index contributed by atoms with van der Waals surface area (Å²) in [6, 6.07) is 20.1. The van der Waals surface area contributed by atoms with Crippen LogP contribution in [0.15, 0.2) is 84.1 Å². The van der Waals surface area contributed by atoms with E-state index in [2.05, 4.69) is 29.5 Å². The lowest BCUT2D eigenvalue weighted by molar-refractivity contribution is 0.0710. The van der Waals surface area contributed by atoms with E-state index in [0.29, 0.717) is 5.92 Å². The number of H-pyrrole nitrogens is 1. The van der Waals surface area contributed by atoms with Gasteiger partial charge in [0.15, 0.2) is 0 Å². The minimum atomic E-state index is 0.118. The lowest BCUT2D eigenvalue weighted by atomic mass is 9.89. The fourth-order valence-electron chi connectivity index (χ4n) is 5.13. The van der Waals surface area contributed by atoms with Gasteiger partial charge in [-0.15, -0.1) is 11.8 Å². The Bertz CT molecular complexity index is 1500. The van der Waals surface area contributed by atoms with Crippen LogP contribution in [0.25, 0.3) is 16.6 Å². The number of hydrogen-bond donors (Lipinski definition) is 1. The largest absolute Gasteiger partial charge is 0.497 e. The van der Waals surface area contributed by atoms with Gasteiger partial charge >= 0.3 is 0 Å². The summed E-state index contributed by atoms with van der Waals surface area (Å²) in [6.07, 6.45) is 8.08. The number of hydrogen-bond acceptors (Lipinski definition) is 4. The summed E-state index contributed by atoms with van der Waals surface area (Å²) in [5.74, 6) is 2.13. The smallest absolute Gasteiger partial charge is 0.254 e. The number of carbonyl (C=O) groups excluding carboxylic acids is 1. The number of benzene rings is 2. The van der Waals surface area contributed by atoms with Gasteiger partial charge in [0, 0.05) is 53.2 Å². The summed E-state index contributed by atoms with van der Waals surface area (Å²) < 4.78 is 7.46. The summed E-state index contributed by atoms with van der Waals surface area (Å²) in [7, 11) is 1.70. The molecule has 2 aromatic carbocycles. The van der Waals surface area contributed by atoms with Crippen LogP contribution in [0.5, 0.6) is 5.75 Å². The highest BCUT2D eigenvalue weighted by Gasteiger charge is 2.27. The molecule has 0 aliphatic carbocycles. The van der Waals surface area contributed by atoms with Crippen molar-refractivity contribution in [3.05, 3.63) is 96.1 Å². The first kappa shape index (κ1) is 22.7. The van der Waals surface area contributed by atoms with Crippen LogP contribution >= 0.6 is 11.8 Å². The molecule has 1 fully saturated rings. The van der Waals surface area contributed by atoms with Crippen LogP contribution in [0, 0.1) is 0 Å². The Morgan fingerprint density at radius 3 is 2.78 bits per heavy atom. The lowest BCUT2D eigenvalue weighted by Crippen LogP contribution is -2.38. The molecule has 0 saturated carbocycles. The van der Waals surface area contributed by atoms with E-state index < -0.39 is 0 Å². The molecular weight excluding hydrogens is 468 g/mol. The van der Waals surface area contributed by atoms with Crippen LogP contribution in [-0.4, -0.2) is 45.4 Å². The van der Waals surface area contributed by atoms with E-state index >= 15 is 0 Å². The first-order valence-corrected chi connectivity index (χ1v) is 13.3. The third kappa shape index (κ3) is 4.35. The van der Waals surface area contributed by atoms with E-state index in [0.717, 1.165) is 64.8 Å². The van der Waals surface area contributed by atoms with Crippen LogP contribution in [0.2, 0.25) is 0 Å². The number of carbonyl (C=O) groups is 1. The number of amides is 1. The fraction of sp³-hybridized carbons (Fsp3) is 0.241. The second-order valence-electron chi connectivity index (χ2n) is 9.21. The maximum atomic E-state index is 13.5. The number of rotatable bonds is 6. The molecule has 1 N–H and O–H groups in total. The molecule has 6 nitrogen and oxygen atoms in total. The number of piperidine rings is 1. The predicted molar refractivity (Wildman–Crippen MR) is 144 cm³/mol. The van der Waals surface area contributed by atoms with Crippen molar-refractivity contribution in [1.29, 1.82) is 0 Å². The van der Waals surface area contributed by atoms with Crippen molar-refractivity contribution < 1.29 is 9.53 Å². The van der Waals surface area contributed by atoms with Gasteiger partial charge in [-0.2, -0.15) is 0 Å². The Balaban J connectivity index is 1.14. The van der Waals surface area contributed by atoms with Gasteiger partial charge in [0.2, 0.25) is 0 Å². The van der Waals surface area contributed by atoms with Crippen LogP contribution in [0.1, 0.15) is 40.4 Å². The molecule has 1 aliphatic heterocycles. The van der Waals surface area contributed by atoms with Gasteiger partial charge in [0.05, 0.1) is 18.4 Å². The number of nitrogens with one attached hydrogen (secondary N) is 1. The van der Waals surface area contributed by atoms with Gasteiger partial charge in [-0.1, -0.05) is 18.2 Å². The zero-order valence-electron chi connectivity index (χ0n) is 20.2. The molecule has 1 saturated heterocycles. The van der Waals surface area contributed by atoms with Gasteiger partial charge < -0.3 is 19.0 Å². The molecule has 1 amide bonds. The second kappa shape index (κ2) is 9.74. The highest BCUT2D eigenvalue weighted by molar-refractivity contribution is 7.98. The Hall–Kier alpha value is -3.71. The summed E-state index contributed by atoms with van der Waals surface area (Å²) >= 11 is 1.67. The number of ether oxygens (including phenoxy) is 1. The van der Waals surface area contributed by atoms with Crippen molar-refractivity contribution >= 4 is 34.2 Å². The van der Waals surface area contributed by atoms with Crippen LogP contribution in [0.3, 0.4) is 0 Å². The molecule has 36 heavy (non-hydrogen) atoms. The van der Waals surface area contributed by atoms with Crippen LogP contribution in [0.4, 0.5) is 0 Å². The molecule has 1 aliphatic rings. The minimum Gasteiger partial charge on any atom is -0.497 e. The molecule has 0 spiro atoms. The number of aromatic amines is 1. The topological polar surface area (TPSA) is 62.6 Å². The molecule has 6 rings (SSSR count). The summed E-state index contributed by atoms with van der Waals surface area (Å²) in [5.41, 5.74) is 5.17. The summed E-state index contributed by atoms with van der Waals surface area (Å²) in [4.78, 5) is 24.6. The lowest BCUT2D eigenvalue weighted by Gasteiger charge is -2.32. The van der Waals surface area contributed by atoms with Gasteiger partial charge in [-0.05, 0) is 66.8 Å². The van der Waals surface area contributed by atoms with E-state index in [4.69, 9.17) is 9.72 Å². The molecule has 7 heteroatoms. The fourth-order valence-corrected chi connectivity index (χ4v) is 6.06. The van der Waals surface area contributed by atoms with Crippen molar-refractivity contribution in [2.45, 2.75) is 29.4 Å². The van der Waals surface area contributed by atoms with E-state index in [1.54, 1.807) is 18.9 Å². The minimum absolute atomic E-state index is 0.118. The number of imidazole rings is 1. The monoisotopic (exact) mass is 496 g/mol. The highest BCUT2D eigenvalue weighted by atomic mass is 32.2. The molecule has 182 valence electrons. The number of nitrogens with zero attached hydrogens (tertiary/aromatic N) is 3. The van der Waals surface area contributed by atoms with Crippen LogP contribution < -0.4 is 4.74 Å². The number of fused-ring (bicyclic) bond motifs is 2. The number of methoxy groups -OCH3 is 1. The van der Waals surface area contributed by atoms with Gasteiger partial charge in [0.25, 0.3) is 5.91 Å². The van der Waals surface area contributed by atoms with E-state index in [9.17, 15) is 4.79 Å². The van der Waals surface area contributed by atoms with Crippen molar-refractivity contribution in [2.24, 2.45) is 0 Å². The third-order valence-corrected chi connectivity index (χ3v) is 8.16. The van der Waals surface area contributed by atoms with E-state index in [-0.39, 0.29) is 5.91 Å². The average molecular weight is 497 g/mol. The second-order valence-corrected chi connectivity index (χ2v) is 10.2.